The number of carbonyl (C=O) groups is 2. The zero-order valence-electron chi connectivity index (χ0n) is 16.8. The first-order chi connectivity index (χ1) is 14.0. The number of nitrogens with one attached hydrogen (secondary N) is 1. The number of halogens is 1. The van der Waals surface area contributed by atoms with Gasteiger partial charge in [-0.2, -0.15) is 4.39 Å². The van der Waals surface area contributed by atoms with Crippen LogP contribution in [0.2, 0.25) is 0 Å². The monoisotopic (exact) mass is 449 g/mol. The van der Waals surface area contributed by atoms with Gasteiger partial charge in [-0.15, -0.1) is 0 Å². The van der Waals surface area contributed by atoms with Gasteiger partial charge in [-0.3, -0.25) is 14.3 Å². The quantitative estimate of drug-likeness (QED) is 0.260. The molecule has 0 aliphatic carbocycles. The topological polar surface area (TPSA) is 143 Å². The number of ether oxygens (including phenoxy) is 4. The fourth-order valence-electron chi connectivity index (χ4n) is 1.82. The molecule has 30 heavy (non-hydrogen) atoms. The van der Waals surface area contributed by atoms with E-state index in [4.69, 9.17) is 18.9 Å². The highest BCUT2D eigenvalue weighted by Gasteiger charge is 2.38. The maximum absolute atomic E-state index is 13.2. The summed E-state index contributed by atoms with van der Waals surface area (Å²) in [5.41, 5.74) is -1.96. The summed E-state index contributed by atoms with van der Waals surface area (Å²) in [5.74, 6) is -1.14. The van der Waals surface area contributed by atoms with Gasteiger partial charge < -0.3 is 18.9 Å². The molecule has 1 aromatic rings. The van der Waals surface area contributed by atoms with Crippen molar-refractivity contribution in [1.29, 1.82) is 0 Å². The molecule has 0 saturated heterocycles. The first-order valence-corrected chi connectivity index (χ1v) is 10.3. The van der Waals surface area contributed by atoms with E-state index in [0.717, 1.165) is 10.8 Å². The summed E-state index contributed by atoms with van der Waals surface area (Å²) in [5, 5.41) is 0. The fourth-order valence-corrected chi connectivity index (χ4v) is 2.75. The van der Waals surface area contributed by atoms with Gasteiger partial charge >= 0.3 is 31.8 Å². The van der Waals surface area contributed by atoms with E-state index in [1.54, 1.807) is 32.7 Å². The number of nitrogens with zero attached hydrogens (tertiary/aromatic N) is 1. The molecule has 1 heterocycles. The third kappa shape index (κ3) is 8.99. The van der Waals surface area contributed by atoms with Crippen molar-refractivity contribution < 1.29 is 37.5 Å². The summed E-state index contributed by atoms with van der Waals surface area (Å²) in [7, 11) is -2.46. The Bertz CT molecular complexity index is 883. The average molecular weight is 449 g/mol. The second-order valence-electron chi connectivity index (χ2n) is 6.34. The summed E-state index contributed by atoms with van der Waals surface area (Å²) in [6.07, 6.45) is -0.193. The number of carbonyl (C=O) groups excluding carboxylic acids is 2. The van der Waals surface area contributed by atoms with Crippen LogP contribution in [0.4, 0.5) is 14.0 Å². The molecule has 0 fully saturated rings. The molecule has 0 aliphatic rings. The van der Waals surface area contributed by atoms with Crippen molar-refractivity contribution in [2.45, 2.75) is 52.5 Å². The largest absolute Gasteiger partial charge is 0.514 e. The minimum absolute atomic E-state index is 0.132. The van der Waals surface area contributed by atoms with Gasteiger partial charge in [0.05, 0.1) is 18.4 Å². The Morgan fingerprint density at radius 3 is 2.10 bits per heavy atom. The van der Waals surface area contributed by atoms with Crippen LogP contribution in [0.1, 0.15) is 27.7 Å². The molecule has 11 nitrogen and oxygen atoms in total. The number of aromatic amines is 1. The molecule has 0 aromatic carbocycles. The molecule has 0 saturated carbocycles. The highest BCUT2D eigenvalue weighted by Crippen LogP contribution is 2.31. The number of hydrogen-bond acceptors (Lipinski definition) is 9. The van der Waals surface area contributed by atoms with Gasteiger partial charge in [0, 0.05) is 6.54 Å². The van der Waals surface area contributed by atoms with Gasteiger partial charge in [0.15, 0.2) is 6.16 Å². The molecule has 0 aliphatic heterocycles. The molecule has 1 rings (SSSR count). The van der Waals surface area contributed by atoms with Crippen LogP contribution < -0.4 is 11.2 Å². The van der Waals surface area contributed by atoms with Crippen molar-refractivity contribution in [2.75, 3.05) is 6.16 Å². The van der Waals surface area contributed by atoms with Crippen molar-refractivity contribution in [3.63, 3.8) is 0 Å². The SMILES string of the molecule is CC(C)OC(=O)OC(OC(=O)OC(C)C)[P+](=O)C/C=C\Cn1cc(F)c(=O)[nH]c1=O. The van der Waals surface area contributed by atoms with Crippen molar-refractivity contribution >= 4 is 20.1 Å². The Labute approximate surface area is 171 Å². The van der Waals surface area contributed by atoms with Gasteiger partial charge in [0.2, 0.25) is 5.82 Å². The maximum atomic E-state index is 13.2. The molecule has 0 bridgehead atoms. The lowest BCUT2D eigenvalue weighted by Crippen LogP contribution is -2.31. The van der Waals surface area contributed by atoms with Gasteiger partial charge in [-0.25, -0.2) is 14.4 Å². The van der Waals surface area contributed by atoms with Crippen LogP contribution in [0.3, 0.4) is 0 Å². The minimum atomic E-state index is -2.46. The van der Waals surface area contributed by atoms with E-state index in [1.165, 1.54) is 12.2 Å². The molecular formula is C17H23FN2O9P+. The van der Waals surface area contributed by atoms with Crippen molar-refractivity contribution in [1.82, 2.24) is 9.55 Å². The number of hydrogen-bond donors (Lipinski definition) is 1. The first-order valence-electron chi connectivity index (χ1n) is 8.82. The number of aromatic nitrogens is 2. The van der Waals surface area contributed by atoms with Crippen LogP contribution in [0, 0.1) is 5.82 Å². The second-order valence-corrected chi connectivity index (χ2v) is 7.96. The summed E-state index contributed by atoms with van der Waals surface area (Å²) >= 11 is 0. The van der Waals surface area contributed by atoms with Gasteiger partial charge in [-0.1, -0.05) is 10.6 Å². The van der Waals surface area contributed by atoms with Crippen LogP contribution in [-0.4, -0.2) is 46.3 Å². The van der Waals surface area contributed by atoms with Crippen LogP contribution in [0.5, 0.6) is 0 Å². The van der Waals surface area contributed by atoms with E-state index < -0.39 is 55.4 Å². The first kappa shape index (κ1) is 25.0. The lowest BCUT2D eigenvalue weighted by molar-refractivity contribution is -0.0715. The number of allylic oxidation sites excluding steroid dienone is 2. The molecule has 1 unspecified atom stereocenters. The van der Waals surface area contributed by atoms with E-state index in [9.17, 15) is 28.1 Å². The molecule has 0 spiro atoms. The molecule has 13 heteroatoms. The maximum Gasteiger partial charge on any atom is 0.514 e. The number of rotatable bonds is 9. The van der Waals surface area contributed by atoms with Crippen LogP contribution in [0.25, 0.3) is 0 Å². The van der Waals surface area contributed by atoms with E-state index in [0.29, 0.717) is 0 Å². The van der Waals surface area contributed by atoms with Crippen LogP contribution in [0.15, 0.2) is 27.9 Å². The lowest BCUT2D eigenvalue weighted by Gasteiger charge is -2.13. The molecule has 0 amide bonds. The molecule has 0 radical (unpaired) electrons. The van der Waals surface area contributed by atoms with E-state index in [2.05, 4.69) is 0 Å². The molecular weight excluding hydrogens is 426 g/mol. The van der Waals surface area contributed by atoms with E-state index in [1.807, 2.05) is 0 Å². The summed E-state index contributed by atoms with van der Waals surface area (Å²) in [4.78, 5) is 47.7. The summed E-state index contributed by atoms with van der Waals surface area (Å²) in [6, 6.07) is -1.77. The Hall–Kier alpha value is -3.01. The predicted molar refractivity (Wildman–Crippen MR) is 102 cm³/mol. The number of H-pyrrole nitrogens is 1. The Morgan fingerprint density at radius 1 is 1.07 bits per heavy atom. The molecule has 1 atom stereocenters. The standard InChI is InChI=1S/C17H22FN2O9P/c1-10(2)26-15(23)28-17(29-16(24)27-11(3)4)30(25)8-6-5-7-20-9-12(18)13(21)19-14(20)22/h5-6,9-11,17H,7-8H2,1-4H3/p+1/b6-5-. The van der Waals surface area contributed by atoms with Crippen molar-refractivity contribution in [3.8, 4) is 0 Å². The van der Waals surface area contributed by atoms with E-state index >= 15 is 0 Å². The Balaban J connectivity index is 2.77. The smallest absolute Gasteiger partial charge is 0.431 e. The minimum Gasteiger partial charge on any atom is -0.431 e. The zero-order valence-corrected chi connectivity index (χ0v) is 17.7. The average Bonchev–Trinajstić information content (AvgIpc) is 2.60. The zero-order chi connectivity index (χ0) is 22.8. The normalized spacial score (nSPS) is 11.8. The van der Waals surface area contributed by atoms with Crippen molar-refractivity contribution in [2.24, 2.45) is 0 Å². The highest BCUT2D eigenvalue weighted by atomic mass is 31.1. The highest BCUT2D eigenvalue weighted by molar-refractivity contribution is 7.45. The second kappa shape index (κ2) is 11.9. The Kier molecular flexibility index (Phi) is 9.90. The summed E-state index contributed by atoms with van der Waals surface area (Å²) < 4.78 is 45.7. The molecule has 1 aromatic heterocycles. The lowest BCUT2D eigenvalue weighted by atomic mass is 10.5. The Morgan fingerprint density at radius 2 is 1.60 bits per heavy atom. The summed E-state index contributed by atoms with van der Waals surface area (Å²) in [6.45, 7) is 6.12. The fraction of sp³-hybridized carbons (Fsp3) is 0.529. The van der Waals surface area contributed by atoms with Crippen LogP contribution in [-0.2, 0) is 30.1 Å². The predicted octanol–water partition coefficient (Wildman–Crippen LogP) is 2.47. The third-order valence-corrected chi connectivity index (χ3v) is 4.27. The molecule has 1 N–H and O–H groups in total. The van der Waals surface area contributed by atoms with Crippen LogP contribution >= 0.6 is 7.80 Å². The molecule has 166 valence electrons. The van der Waals surface area contributed by atoms with Gasteiger partial charge in [0.1, 0.15) is 0 Å². The van der Waals surface area contributed by atoms with Crippen molar-refractivity contribution in [3.05, 3.63) is 45.0 Å². The van der Waals surface area contributed by atoms with Gasteiger partial charge in [0.25, 0.3) is 5.56 Å². The third-order valence-electron chi connectivity index (χ3n) is 3.01. The van der Waals surface area contributed by atoms with E-state index in [-0.39, 0.29) is 12.7 Å². The van der Waals surface area contributed by atoms with Gasteiger partial charge in [-0.05, 0) is 33.8 Å².